The average molecular weight is 313 g/mol. The molecule has 21 heavy (non-hydrogen) atoms. The van der Waals surface area contributed by atoms with Crippen molar-refractivity contribution in [2.75, 3.05) is 19.6 Å². The van der Waals surface area contributed by atoms with Crippen molar-refractivity contribution in [3.8, 4) is 0 Å². The number of carbonyl (C=O) groups is 1. The van der Waals surface area contributed by atoms with Gasteiger partial charge in [-0.25, -0.2) is 0 Å². The lowest BCUT2D eigenvalue weighted by Crippen LogP contribution is -2.43. The Morgan fingerprint density at radius 2 is 2.29 bits per heavy atom. The summed E-state index contributed by atoms with van der Waals surface area (Å²) in [7, 11) is 1.92. The van der Waals surface area contributed by atoms with E-state index in [4.69, 9.17) is 0 Å². The molecule has 2 heterocycles. The van der Waals surface area contributed by atoms with Gasteiger partial charge in [0.25, 0.3) is 0 Å². The normalized spacial score (nSPS) is 26.8. The fourth-order valence-electron chi connectivity index (χ4n) is 3.32. The highest BCUT2D eigenvalue weighted by molar-refractivity contribution is 5.85. The first-order valence-corrected chi connectivity index (χ1v) is 7.54. The Hall–Kier alpha value is -1.07. The molecule has 1 amide bonds. The van der Waals surface area contributed by atoms with E-state index in [1.165, 1.54) is 19.3 Å². The summed E-state index contributed by atoms with van der Waals surface area (Å²) < 4.78 is 1.80. The van der Waals surface area contributed by atoms with Crippen LogP contribution in [0.4, 0.5) is 0 Å². The van der Waals surface area contributed by atoms with E-state index in [2.05, 4.69) is 22.7 Å². The largest absolute Gasteiger partial charge is 0.355 e. The Labute approximate surface area is 132 Å². The molecule has 6 heteroatoms. The van der Waals surface area contributed by atoms with E-state index in [-0.39, 0.29) is 30.2 Å². The highest BCUT2D eigenvalue weighted by Gasteiger charge is 2.37. The van der Waals surface area contributed by atoms with Gasteiger partial charge in [0, 0.05) is 38.8 Å². The summed E-state index contributed by atoms with van der Waals surface area (Å²) >= 11 is 0. The smallest absolute Gasteiger partial charge is 0.225 e. The lowest BCUT2D eigenvalue weighted by Gasteiger charge is -2.38. The highest BCUT2D eigenvalue weighted by atomic mass is 35.5. The van der Waals surface area contributed by atoms with Gasteiger partial charge in [-0.15, -0.1) is 12.4 Å². The first-order valence-electron chi connectivity index (χ1n) is 7.54. The number of amides is 1. The maximum atomic E-state index is 12.4. The molecule has 1 aliphatic carbocycles. The molecule has 2 N–H and O–H groups in total. The van der Waals surface area contributed by atoms with Crippen LogP contribution in [0, 0.1) is 11.3 Å². The minimum absolute atomic E-state index is 0. The number of aryl methyl sites for hydroxylation is 1. The predicted octanol–water partition coefficient (Wildman–Crippen LogP) is 1.45. The van der Waals surface area contributed by atoms with Crippen molar-refractivity contribution in [1.29, 1.82) is 0 Å². The molecule has 0 radical (unpaired) electrons. The van der Waals surface area contributed by atoms with Crippen LogP contribution in [0.25, 0.3) is 0 Å². The van der Waals surface area contributed by atoms with Crippen LogP contribution in [0.2, 0.25) is 0 Å². The fraction of sp³-hybridized carbons (Fsp3) is 0.733. The molecule has 5 nitrogen and oxygen atoms in total. The SMILES string of the molecule is Cl.Cn1cc([C@H]2CNC[C@@H]2C(=O)NCC2(C)CCC2)cn1. The van der Waals surface area contributed by atoms with Gasteiger partial charge < -0.3 is 10.6 Å². The van der Waals surface area contributed by atoms with Gasteiger partial charge in [0.05, 0.1) is 12.1 Å². The first kappa shape index (κ1) is 16.3. The molecular weight excluding hydrogens is 288 g/mol. The molecule has 118 valence electrons. The summed E-state index contributed by atoms with van der Waals surface area (Å²) in [4.78, 5) is 12.4. The summed E-state index contributed by atoms with van der Waals surface area (Å²) in [5.74, 6) is 0.470. The summed E-state index contributed by atoms with van der Waals surface area (Å²) in [5.41, 5.74) is 1.50. The third-order valence-electron chi connectivity index (χ3n) is 4.95. The van der Waals surface area contributed by atoms with Crippen molar-refractivity contribution in [1.82, 2.24) is 20.4 Å². The predicted molar refractivity (Wildman–Crippen MR) is 84.5 cm³/mol. The van der Waals surface area contributed by atoms with Crippen molar-refractivity contribution < 1.29 is 4.79 Å². The molecule has 2 fully saturated rings. The number of halogens is 1. The maximum Gasteiger partial charge on any atom is 0.225 e. The Balaban J connectivity index is 0.00000161. The molecule has 2 atom stereocenters. The number of hydrogen-bond donors (Lipinski definition) is 2. The van der Waals surface area contributed by atoms with Crippen LogP contribution in [-0.4, -0.2) is 35.3 Å². The average Bonchev–Trinajstić information content (AvgIpc) is 3.01. The van der Waals surface area contributed by atoms with E-state index in [9.17, 15) is 4.79 Å². The van der Waals surface area contributed by atoms with Gasteiger partial charge in [-0.1, -0.05) is 13.3 Å². The zero-order valence-electron chi connectivity index (χ0n) is 12.8. The zero-order chi connectivity index (χ0) is 14.2. The molecule has 1 saturated heterocycles. The minimum Gasteiger partial charge on any atom is -0.355 e. The minimum atomic E-state index is 0. The topological polar surface area (TPSA) is 59.0 Å². The van der Waals surface area contributed by atoms with Gasteiger partial charge in [-0.2, -0.15) is 5.10 Å². The second-order valence-electron chi connectivity index (χ2n) is 6.70. The van der Waals surface area contributed by atoms with E-state index >= 15 is 0 Å². The Morgan fingerprint density at radius 3 is 2.86 bits per heavy atom. The number of nitrogens with zero attached hydrogens (tertiary/aromatic N) is 2. The number of carbonyl (C=O) groups excluding carboxylic acids is 1. The lowest BCUT2D eigenvalue weighted by molar-refractivity contribution is -0.125. The molecule has 3 rings (SSSR count). The standard InChI is InChI=1S/C15H24N4O.ClH/c1-15(4-3-5-15)10-17-14(20)13-8-16-7-12(13)11-6-18-19(2)9-11;/h6,9,12-13,16H,3-5,7-8,10H2,1-2H3,(H,17,20);1H/t12-,13+;/m1./s1. The quantitative estimate of drug-likeness (QED) is 0.885. The molecule has 1 saturated carbocycles. The van der Waals surface area contributed by atoms with Crippen molar-refractivity contribution in [2.45, 2.75) is 32.1 Å². The summed E-state index contributed by atoms with van der Waals surface area (Å²) in [6, 6.07) is 0. The monoisotopic (exact) mass is 312 g/mol. The van der Waals surface area contributed by atoms with Crippen LogP contribution in [0.1, 0.15) is 37.7 Å². The van der Waals surface area contributed by atoms with Gasteiger partial charge in [0.2, 0.25) is 5.91 Å². The molecule has 1 aromatic rings. The Bertz CT molecular complexity index is 498. The molecule has 1 aliphatic heterocycles. The summed E-state index contributed by atoms with van der Waals surface area (Å²) in [6.07, 6.45) is 7.68. The van der Waals surface area contributed by atoms with Gasteiger partial charge in [0.1, 0.15) is 0 Å². The summed E-state index contributed by atoms with van der Waals surface area (Å²) in [6.45, 7) is 4.72. The molecule has 0 unspecified atom stereocenters. The number of aromatic nitrogens is 2. The van der Waals surface area contributed by atoms with E-state index in [1.54, 1.807) is 4.68 Å². The van der Waals surface area contributed by atoms with Crippen LogP contribution in [0.15, 0.2) is 12.4 Å². The van der Waals surface area contributed by atoms with Crippen molar-refractivity contribution in [2.24, 2.45) is 18.4 Å². The first-order chi connectivity index (χ1) is 9.57. The van der Waals surface area contributed by atoms with E-state index in [0.717, 1.165) is 25.2 Å². The van der Waals surface area contributed by atoms with E-state index in [0.29, 0.717) is 5.41 Å². The molecular formula is C15H25ClN4O. The highest BCUT2D eigenvalue weighted by Crippen LogP contribution is 2.39. The van der Waals surface area contributed by atoms with Gasteiger partial charge >= 0.3 is 0 Å². The Morgan fingerprint density at radius 1 is 1.52 bits per heavy atom. The second-order valence-corrected chi connectivity index (χ2v) is 6.70. The van der Waals surface area contributed by atoms with Crippen molar-refractivity contribution >= 4 is 18.3 Å². The molecule has 0 bridgehead atoms. The molecule has 2 aliphatic rings. The third kappa shape index (κ3) is 3.40. The van der Waals surface area contributed by atoms with Crippen molar-refractivity contribution in [3.63, 3.8) is 0 Å². The van der Waals surface area contributed by atoms with Crippen LogP contribution in [0.5, 0.6) is 0 Å². The second kappa shape index (κ2) is 6.36. The van der Waals surface area contributed by atoms with Crippen LogP contribution in [0.3, 0.4) is 0 Å². The Kier molecular flexibility index (Phi) is 4.94. The number of hydrogen-bond acceptors (Lipinski definition) is 3. The third-order valence-corrected chi connectivity index (χ3v) is 4.95. The van der Waals surface area contributed by atoms with Crippen molar-refractivity contribution in [3.05, 3.63) is 18.0 Å². The number of rotatable bonds is 4. The number of nitrogens with one attached hydrogen (secondary N) is 2. The van der Waals surface area contributed by atoms with Gasteiger partial charge in [0.15, 0.2) is 0 Å². The van der Waals surface area contributed by atoms with Crippen LogP contribution in [-0.2, 0) is 11.8 Å². The van der Waals surface area contributed by atoms with Gasteiger partial charge in [-0.05, 0) is 23.8 Å². The van der Waals surface area contributed by atoms with E-state index < -0.39 is 0 Å². The lowest BCUT2D eigenvalue weighted by atomic mass is 9.70. The molecule has 1 aromatic heterocycles. The maximum absolute atomic E-state index is 12.4. The zero-order valence-corrected chi connectivity index (χ0v) is 13.6. The molecule has 0 aromatic carbocycles. The van der Waals surface area contributed by atoms with Crippen LogP contribution < -0.4 is 10.6 Å². The summed E-state index contributed by atoms with van der Waals surface area (Å²) in [5, 5.41) is 10.7. The van der Waals surface area contributed by atoms with Gasteiger partial charge in [-0.3, -0.25) is 9.48 Å². The fourth-order valence-corrected chi connectivity index (χ4v) is 3.32. The van der Waals surface area contributed by atoms with Crippen LogP contribution >= 0.6 is 12.4 Å². The molecule has 0 spiro atoms. The van der Waals surface area contributed by atoms with E-state index in [1.807, 2.05) is 19.4 Å².